The first-order valence-electron chi connectivity index (χ1n) is 5.64. The van der Waals surface area contributed by atoms with Crippen LogP contribution in [0.3, 0.4) is 0 Å². The summed E-state index contributed by atoms with van der Waals surface area (Å²) in [5, 5.41) is 0. The topological polar surface area (TPSA) is 26.3 Å². The first-order valence-corrected chi connectivity index (χ1v) is 5.64. The summed E-state index contributed by atoms with van der Waals surface area (Å²) in [7, 11) is 0. The van der Waals surface area contributed by atoms with Crippen molar-refractivity contribution in [2.24, 2.45) is 0 Å². The highest BCUT2D eigenvalue weighted by atomic mass is 19.1. The fourth-order valence-corrected chi connectivity index (χ4v) is 2.31. The lowest BCUT2D eigenvalue weighted by Crippen LogP contribution is -2.13. The lowest BCUT2D eigenvalue weighted by atomic mass is 9.91. The van der Waals surface area contributed by atoms with E-state index in [-0.39, 0.29) is 5.82 Å². The maximum Gasteiger partial charge on any atom is 0.149 e. The van der Waals surface area contributed by atoms with Crippen molar-refractivity contribution in [3.8, 4) is 5.75 Å². The van der Waals surface area contributed by atoms with Crippen LogP contribution in [0.5, 0.6) is 5.75 Å². The highest BCUT2D eigenvalue weighted by Gasteiger charge is 2.24. The monoisotopic (exact) mass is 230 g/mol. The molecule has 0 saturated heterocycles. The van der Waals surface area contributed by atoms with Crippen molar-refractivity contribution in [1.82, 2.24) is 0 Å². The van der Waals surface area contributed by atoms with E-state index in [1.807, 2.05) is 6.08 Å². The Labute approximate surface area is 98.4 Å². The quantitative estimate of drug-likeness (QED) is 0.692. The highest BCUT2D eigenvalue weighted by Crippen LogP contribution is 2.38. The average Bonchev–Trinajstić information content (AvgIpc) is 2.35. The van der Waals surface area contributed by atoms with Gasteiger partial charge in [0, 0.05) is 11.1 Å². The number of hydrogen-bond acceptors (Lipinski definition) is 2. The van der Waals surface area contributed by atoms with Gasteiger partial charge in [-0.25, -0.2) is 4.39 Å². The maximum atomic E-state index is 13.1. The van der Waals surface area contributed by atoms with Gasteiger partial charge in [0.05, 0.1) is 0 Å². The molecular weight excluding hydrogens is 219 g/mol. The average molecular weight is 230 g/mol. The number of carbonyl (C=O) groups is 1. The van der Waals surface area contributed by atoms with Crippen LogP contribution in [0.1, 0.15) is 24.8 Å². The van der Waals surface area contributed by atoms with Crippen molar-refractivity contribution in [1.29, 1.82) is 0 Å². The summed E-state index contributed by atoms with van der Waals surface area (Å²) in [6, 6.07) is 4.41. The number of allylic oxidation sites excluding steroid dienone is 2. The molecule has 0 atom stereocenters. The molecule has 3 rings (SSSR count). The summed E-state index contributed by atoms with van der Waals surface area (Å²) < 4.78 is 18.8. The van der Waals surface area contributed by atoms with Gasteiger partial charge in [0.25, 0.3) is 0 Å². The minimum Gasteiger partial charge on any atom is -0.456 e. The Kier molecular flexibility index (Phi) is 2.32. The minimum atomic E-state index is -0.275. The van der Waals surface area contributed by atoms with E-state index in [1.165, 1.54) is 12.1 Å². The van der Waals surface area contributed by atoms with Crippen molar-refractivity contribution in [2.45, 2.75) is 19.3 Å². The number of aldehydes is 1. The van der Waals surface area contributed by atoms with E-state index in [9.17, 15) is 9.18 Å². The number of fused-ring (bicyclic) bond motifs is 2. The predicted molar refractivity (Wildman–Crippen MR) is 61.9 cm³/mol. The van der Waals surface area contributed by atoms with Crippen LogP contribution < -0.4 is 4.74 Å². The van der Waals surface area contributed by atoms with Crippen molar-refractivity contribution in [2.75, 3.05) is 0 Å². The molecule has 0 bridgehead atoms. The molecule has 0 unspecified atom stereocenters. The van der Waals surface area contributed by atoms with Gasteiger partial charge >= 0.3 is 0 Å². The van der Waals surface area contributed by atoms with E-state index in [0.717, 1.165) is 36.7 Å². The Morgan fingerprint density at radius 1 is 1.29 bits per heavy atom. The van der Waals surface area contributed by atoms with Crippen molar-refractivity contribution >= 4 is 12.4 Å². The summed E-state index contributed by atoms with van der Waals surface area (Å²) in [5.74, 6) is 1.01. The highest BCUT2D eigenvalue weighted by molar-refractivity contribution is 5.79. The third kappa shape index (κ3) is 1.68. The van der Waals surface area contributed by atoms with E-state index in [2.05, 4.69) is 0 Å². The molecule has 0 amide bonds. The normalized spacial score (nSPS) is 17.8. The molecule has 1 aliphatic carbocycles. The number of carbonyl (C=O) groups excluding carboxylic acids is 1. The molecule has 86 valence electrons. The van der Waals surface area contributed by atoms with Crippen molar-refractivity contribution in [3.05, 3.63) is 46.5 Å². The lowest BCUT2D eigenvalue weighted by molar-refractivity contribution is -0.105. The first-order chi connectivity index (χ1) is 8.28. The maximum absolute atomic E-state index is 13.1. The van der Waals surface area contributed by atoms with Crippen LogP contribution in [0.2, 0.25) is 0 Å². The summed E-state index contributed by atoms with van der Waals surface area (Å²) in [4.78, 5) is 11.0. The molecule has 17 heavy (non-hydrogen) atoms. The van der Waals surface area contributed by atoms with Gasteiger partial charge in [0.15, 0.2) is 0 Å². The van der Waals surface area contributed by atoms with Crippen LogP contribution in [0.4, 0.5) is 4.39 Å². The van der Waals surface area contributed by atoms with E-state index >= 15 is 0 Å². The molecule has 1 heterocycles. The zero-order valence-corrected chi connectivity index (χ0v) is 9.20. The van der Waals surface area contributed by atoms with E-state index < -0.39 is 0 Å². The number of rotatable bonds is 1. The van der Waals surface area contributed by atoms with Gasteiger partial charge in [0.1, 0.15) is 23.6 Å². The Bertz CT molecular complexity index is 555. The molecule has 0 N–H and O–H groups in total. The number of halogens is 1. The summed E-state index contributed by atoms with van der Waals surface area (Å²) in [5.41, 5.74) is 2.45. The van der Waals surface area contributed by atoms with Gasteiger partial charge in [-0.05, 0) is 49.1 Å². The molecule has 1 aromatic carbocycles. The van der Waals surface area contributed by atoms with Crippen LogP contribution in [0, 0.1) is 5.82 Å². The molecule has 2 aliphatic rings. The molecular formula is C14H11FO2. The van der Waals surface area contributed by atoms with E-state index in [1.54, 1.807) is 6.07 Å². The van der Waals surface area contributed by atoms with Gasteiger partial charge in [-0.15, -0.1) is 0 Å². The molecule has 0 aromatic heterocycles. The standard InChI is InChI=1S/C14H11FO2/c15-12-4-5-13-11(7-12)6-9-2-1-3-10(8-16)14(9)17-13/h4-8H,1-3H2. The van der Waals surface area contributed by atoms with Gasteiger partial charge < -0.3 is 4.74 Å². The molecule has 0 radical (unpaired) electrons. The van der Waals surface area contributed by atoms with Crippen LogP contribution in [0.25, 0.3) is 6.08 Å². The number of ether oxygens (including phenoxy) is 1. The first kappa shape index (κ1) is 10.3. The summed E-state index contributed by atoms with van der Waals surface area (Å²) in [6.07, 6.45) is 5.35. The minimum absolute atomic E-state index is 0.275. The summed E-state index contributed by atoms with van der Waals surface area (Å²) >= 11 is 0. The summed E-state index contributed by atoms with van der Waals surface area (Å²) in [6.45, 7) is 0. The van der Waals surface area contributed by atoms with Crippen molar-refractivity contribution < 1.29 is 13.9 Å². The molecule has 2 nitrogen and oxygen atoms in total. The molecule has 1 aromatic rings. The molecule has 0 fully saturated rings. The second-order valence-electron chi connectivity index (χ2n) is 4.28. The number of hydrogen-bond donors (Lipinski definition) is 0. The van der Waals surface area contributed by atoms with Gasteiger partial charge in [-0.1, -0.05) is 0 Å². The molecule has 3 heteroatoms. The molecule has 0 saturated carbocycles. The van der Waals surface area contributed by atoms with Crippen LogP contribution in [-0.2, 0) is 4.79 Å². The molecule has 1 aliphatic heterocycles. The van der Waals surface area contributed by atoms with Gasteiger partial charge in [0.2, 0.25) is 0 Å². The smallest absolute Gasteiger partial charge is 0.149 e. The molecule has 0 spiro atoms. The Morgan fingerprint density at radius 3 is 3.00 bits per heavy atom. The predicted octanol–water partition coefficient (Wildman–Crippen LogP) is 3.24. The Balaban J connectivity index is 2.15. The number of benzene rings is 1. The second-order valence-corrected chi connectivity index (χ2v) is 4.28. The van der Waals surface area contributed by atoms with E-state index in [0.29, 0.717) is 17.1 Å². The lowest BCUT2D eigenvalue weighted by Gasteiger charge is -2.25. The third-order valence-electron chi connectivity index (χ3n) is 3.13. The van der Waals surface area contributed by atoms with Crippen LogP contribution in [0.15, 0.2) is 35.1 Å². The zero-order chi connectivity index (χ0) is 11.8. The van der Waals surface area contributed by atoms with Gasteiger partial charge in [-0.3, -0.25) is 4.79 Å². The Morgan fingerprint density at radius 2 is 2.18 bits per heavy atom. The second kappa shape index (κ2) is 3.84. The van der Waals surface area contributed by atoms with Crippen LogP contribution in [-0.4, -0.2) is 6.29 Å². The SMILES string of the molecule is O=CC1=C2Oc3ccc(F)cc3C=C2CCC1. The zero-order valence-electron chi connectivity index (χ0n) is 9.20. The third-order valence-corrected chi connectivity index (χ3v) is 3.13. The fraction of sp³-hybridized carbons (Fsp3) is 0.214. The van der Waals surface area contributed by atoms with E-state index in [4.69, 9.17) is 4.74 Å². The van der Waals surface area contributed by atoms with Crippen LogP contribution >= 0.6 is 0 Å². The van der Waals surface area contributed by atoms with Crippen molar-refractivity contribution in [3.63, 3.8) is 0 Å². The fourth-order valence-electron chi connectivity index (χ4n) is 2.31. The largest absolute Gasteiger partial charge is 0.456 e. The van der Waals surface area contributed by atoms with Gasteiger partial charge in [-0.2, -0.15) is 0 Å². The Hall–Kier alpha value is -1.90.